The highest BCUT2D eigenvalue weighted by Gasteiger charge is 2.03. The summed E-state index contributed by atoms with van der Waals surface area (Å²) in [5.74, 6) is 6.53. The molecule has 0 unspecified atom stereocenters. The average molecular weight is 252 g/mol. The second-order valence-corrected chi connectivity index (χ2v) is 4.08. The van der Waals surface area contributed by atoms with Crippen LogP contribution >= 0.6 is 11.6 Å². The van der Waals surface area contributed by atoms with Crippen LogP contribution in [-0.4, -0.2) is 13.2 Å². The molecule has 17 heavy (non-hydrogen) atoms. The van der Waals surface area contributed by atoms with Gasteiger partial charge in [0.2, 0.25) is 0 Å². The van der Waals surface area contributed by atoms with E-state index in [0.29, 0.717) is 6.61 Å². The van der Waals surface area contributed by atoms with Crippen LogP contribution in [0.5, 0.6) is 5.75 Å². The molecule has 0 aromatic heterocycles. The van der Waals surface area contributed by atoms with Crippen LogP contribution in [0.25, 0.3) is 0 Å². The zero-order valence-corrected chi connectivity index (χ0v) is 11.1. The van der Waals surface area contributed by atoms with E-state index in [1.54, 1.807) is 6.92 Å². The highest BCUT2D eigenvalue weighted by Crippen LogP contribution is 2.22. The molecule has 3 heteroatoms. The van der Waals surface area contributed by atoms with E-state index in [9.17, 15) is 0 Å². The van der Waals surface area contributed by atoms with Gasteiger partial charge in [-0.2, -0.15) is 0 Å². The van der Waals surface area contributed by atoms with Gasteiger partial charge in [0.25, 0.3) is 0 Å². The van der Waals surface area contributed by atoms with Gasteiger partial charge in [0.1, 0.15) is 12.4 Å². The zero-order chi connectivity index (χ0) is 12.5. The Hall–Kier alpha value is -1.17. The Morgan fingerprint density at radius 3 is 2.94 bits per heavy atom. The molecule has 1 N–H and O–H groups in total. The molecule has 1 aromatic carbocycles. The molecule has 0 amide bonds. The van der Waals surface area contributed by atoms with Crippen molar-refractivity contribution in [3.05, 3.63) is 28.8 Å². The fraction of sp³-hybridized carbons (Fsp3) is 0.429. The van der Waals surface area contributed by atoms with Gasteiger partial charge in [0.05, 0.1) is 0 Å². The van der Waals surface area contributed by atoms with Crippen LogP contribution in [0.3, 0.4) is 0 Å². The summed E-state index contributed by atoms with van der Waals surface area (Å²) in [6, 6.07) is 5.65. The zero-order valence-electron chi connectivity index (χ0n) is 10.3. The SMILES string of the molecule is CC#CCOc1ccc(Cl)cc1CNCCC. The van der Waals surface area contributed by atoms with E-state index in [-0.39, 0.29) is 0 Å². The fourth-order valence-corrected chi connectivity index (χ4v) is 1.61. The maximum atomic E-state index is 5.98. The smallest absolute Gasteiger partial charge is 0.149 e. The summed E-state index contributed by atoms with van der Waals surface area (Å²) >= 11 is 5.98. The summed E-state index contributed by atoms with van der Waals surface area (Å²) in [5.41, 5.74) is 1.07. The van der Waals surface area contributed by atoms with Gasteiger partial charge in [-0.1, -0.05) is 24.4 Å². The van der Waals surface area contributed by atoms with Crippen molar-refractivity contribution in [2.45, 2.75) is 26.8 Å². The molecule has 0 aliphatic heterocycles. The van der Waals surface area contributed by atoms with Gasteiger partial charge in [-0.15, -0.1) is 5.92 Å². The number of ether oxygens (including phenoxy) is 1. The minimum absolute atomic E-state index is 0.416. The lowest BCUT2D eigenvalue weighted by atomic mass is 10.2. The lowest BCUT2D eigenvalue weighted by Crippen LogP contribution is -2.14. The largest absolute Gasteiger partial charge is 0.481 e. The molecule has 0 bridgehead atoms. The van der Waals surface area contributed by atoms with E-state index in [1.165, 1.54) is 0 Å². The Labute approximate surface area is 108 Å². The number of halogens is 1. The van der Waals surface area contributed by atoms with E-state index >= 15 is 0 Å². The molecule has 0 spiro atoms. The van der Waals surface area contributed by atoms with Crippen molar-refractivity contribution in [3.8, 4) is 17.6 Å². The van der Waals surface area contributed by atoms with Crippen LogP contribution < -0.4 is 10.1 Å². The first-order valence-corrected chi connectivity index (χ1v) is 6.17. The van der Waals surface area contributed by atoms with Crippen molar-refractivity contribution in [1.82, 2.24) is 5.32 Å². The Kier molecular flexibility index (Phi) is 6.54. The summed E-state index contributed by atoms with van der Waals surface area (Å²) in [4.78, 5) is 0. The van der Waals surface area contributed by atoms with Crippen molar-refractivity contribution in [1.29, 1.82) is 0 Å². The molecular weight excluding hydrogens is 234 g/mol. The first kappa shape index (κ1) is 13.9. The lowest BCUT2D eigenvalue weighted by molar-refractivity contribution is 0.364. The van der Waals surface area contributed by atoms with Gasteiger partial charge in [0, 0.05) is 17.1 Å². The molecule has 1 rings (SSSR count). The van der Waals surface area contributed by atoms with Gasteiger partial charge in [-0.3, -0.25) is 0 Å². The van der Waals surface area contributed by atoms with Crippen LogP contribution in [0.2, 0.25) is 5.02 Å². The number of nitrogens with one attached hydrogen (secondary N) is 1. The predicted octanol–water partition coefficient (Wildman–Crippen LogP) is 3.24. The third-order valence-corrected chi connectivity index (χ3v) is 2.48. The first-order chi connectivity index (χ1) is 8.27. The minimum atomic E-state index is 0.416. The topological polar surface area (TPSA) is 21.3 Å². The van der Waals surface area contributed by atoms with Crippen molar-refractivity contribution >= 4 is 11.6 Å². The quantitative estimate of drug-likeness (QED) is 0.619. The molecule has 92 valence electrons. The molecule has 0 saturated heterocycles. The Morgan fingerprint density at radius 2 is 2.24 bits per heavy atom. The number of hydrogen-bond donors (Lipinski definition) is 1. The highest BCUT2D eigenvalue weighted by atomic mass is 35.5. The highest BCUT2D eigenvalue weighted by molar-refractivity contribution is 6.30. The molecule has 0 aliphatic carbocycles. The standard InChI is InChI=1S/C14H18ClNO/c1-3-5-9-17-14-7-6-13(15)10-12(14)11-16-8-4-2/h6-7,10,16H,4,8-9,11H2,1-2H3. The van der Waals surface area contributed by atoms with Crippen LogP contribution in [0.15, 0.2) is 18.2 Å². The summed E-state index contributed by atoms with van der Waals surface area (Å²) in [7, 11) is 0. The third-order valence-electron chi connectivity index (χ3n) is 2.24. The van der Waals surface area contributed by atoms with E-state index in [0.717, 1.165) is 35.8 Å². The molecule has 0 aliphatic rings. The maximum absolute atomic E-state index is 5.98. The summed E-state index contributed by atoms with van der Waals surface area (Å²) in [6.45, 7) is 6.11. The Balaban J connectivity index is 2.68. The van der Waals surface area contributed by atoms with Crippen molar-refractivity contribution < 1.29 is 4.74 Å². The molecule has 0 fully saturated rings. The monoisotopic (exact) mass is 251 g/mol. The Morgan fingerprint density at radius 1 is 1.41 bits per heavy atom. The molecule has 0 saturated carbocycles. The average Bonchev–Trinajstić information content (AvgIpc) is 2.32. The van der Waals surface area contributed by atoms with Crippen LogP contribution in [0.4, 0.5) is 0 Å². The lowest BCUT2D eigenvalue weighted by Gasteiger charge is -2.10. The minimum Gasteiger partial charge on any atom is -0.481 e. The van der Waals surface area contributed by atoms with Gasteiger partial charge >= 0.3 is 0 Å². The normalized spacial score (nSPS) is 9.59. The van der Waals surface area contributed by atoms with Gasteiger partial charge < -0.3 is 10.1 Å². The summed E-state index contributed by atoms with van der Waals surface area (Å²) in [5, 5.41) is 4.06. The number of benzene rings is 1. The summed E-state index contributed by atoms with van der Waals surface area (Å²) < 4.78 is 5.59. The molecule has 0 radical (unpaired) electrons. The molecule has 0 heterocycles. The predicted molar refractivity (Wildman–Crippen MR) is 72.4 cm³/mol. The van der Waals surface area contributed by atoms with E-state index < -0.39 is 0 Å². The van der Waals surface area contributed by atoms with Crippen molar-refractivity contribution in [3.63, 3.8) is 0 Å². The van der Waals surface area contributed by atoms with E-state index in [1.807, 2.05) is 18.2 Å². The molecular formula is C14H18ClNO. The number of rotatable bonds is 6. The second-order valence-electron chi connectivity index (χ2n) is 3.64. The van der Waals surface area contributed by atoms with E-state index in [4.69, 9.17) is 16.3 Å². The number of hydrogen-bond acceptors (Lipinski definition) is 2. The van der Waals surface area contributed by atoms with Crippen LogP contribution in [-0.2, 0) is 6.54 Å². The van der Waals surface area contributed by atoms with Gasteiger partial charge in [-0.05, 0) is 38.1 Å². The van der Waals surface area contributed by atoms with Gasteiger partial charge in [0.15, 0.2) is 0 Å². The first-order valence-electron chi connectivity index (χ1n) is 5.79. The molecule has 2 nitrogen and oxygen atoms in total. The third kappa shape index (κ3) is 5.12. The molecule has 0 atom stereocenters. The maximum Gasteiger partial charge on any atom is 0.149 e. The summed E-state index contributed by atoms with van der Waals surface area (Å²) in [6.07, 6.45) is 1.11. The second kappa shape index (κ2) is 8.00. The van der Waals surface area contributed by atoms with E-state index in [2.05, 4.69) is 24.1 Å². The molecule has 1 aromatic rings. The van der Waals surface area contributed by atoms with Crippen molar-refractivity contribution in [2.24, 2.45) is 0 Å². The Bertz CT molecular complexity index is 406. The van der Waals surface area contributed by atoms with Crippen LogP contribution in [0, 0.1) is 11.8 Å². The van der Waals surface area contributed by atoms with Crippen LogP contribution in [0.1, 0.15) is 25.8 Å². The van der Waals surface area contributed by atoms with Crippen molar-refractivity contribution in [2.75, 3.05) is 13.2 Å². The van der Waals surface area contributed by atoms with Gasteiger partial charge in [-0.25, -0.2) is 0 Å². The fourth-order valence-electron chi connectivity index (χ4n) is 1.41.